The van der Waals surface area contributed by atoms with Gasteiger partial charge in [-0.05, 0) is 30.7 Å². The average Bonchev–Trinajstić information content (AvgIpc) is 2.82. The van der Waals surface area contributed by atoms with Gasteiger partial charge in [-0.3, -0.25) is 0 Å². The molecular weight excluding hydrogens is 276 g/mol. The molecule has 0 unspecified atom stereocenters. The first-order valence-electron chi connectivity index (χ1n) is 6.18. The van der Waals surface area contributed by atoms with Gasteiger partial charge in [-0.25, -0.2) is 4.79 Å². The molecule has 5 heteroatoms. The van der Waals surface area contributed by atoms with Crippen molar-refractivity contribution in [1.82, 2.24) is 0 Å². The Labute approximate surface area is 121 Å². The molecule has 0 aliphatic rings. The van der Waals surface area contributed by atoms with Gasteiger partial charge in [-0.1, -0.05) is 12.1 Å². The van der Waals surface area contributed by atoms with Crippen molar-refractivity contribution < 1.29 is 19.4 Å². The molecule has 0 atom stereocenters. The summed E-state index contributed by atoms with van der Waals surface area (Å²) in [5.41, 5.74) is 1.86. The quantitative estimate of drug-likeness (QED) is 0.829. The summed E-state index contributed by atoms with van der Waals surface area (Å²) in [4.78, 5) is 12.3. The van der Waals surface area contributed by atoms with Gasteiger partial charge >= 0.3 is 5.97 Å². The van der Waals surface area contributed by atoms with E-state index in [4.69, 9.17) is 14.6 Å². The number of carbonyl (C=O) groups is 1. The second-order valence-electron chi connectivity index (χ2n) is 4.27. The van der Waals surface area contributed by atoms with E-state index < -0.39 is 5.97 Å². The zero-order valence-electron chi connectivity index (χ0n) is 11.4. The molecule has 0 aliphatic carbocycles. The summed E-state index contributed by atoms with van der Waals surface area (Å²) in [6, 6.07) is 9.32. The zero-order chi connectivity index (χ0) is 14.5. The predicted octanol–water partition coefficient (Wildman–Crippen LogP) is 3.45. The van der Waals surface area contributed by atoms with Crippen LogP contribution in [-0.4, -0.2) is 31.4 Å². The van der Waals surface area contributed by atoms with E-state index in [1.807, 2.05) is 31.2 Å². The van der Waals surface area contributed by atoms with E-state index in [-0.39, 0.29) is 0 Å². The molecule has 20 heavy (non-hydrogen) atoms. The highest BCUT2D eigenvalue weighted by Crippen LogP contribution is 2.37. The molecule has 0 saturated carbocycles. The Morgan fingerprint density at radius 1 is 1.30 bits per heavy atom. The average molecular weight is 292 g/mol. The largest absolute Gasteiger partial charge is 0.491 e. The number of carboxylic acid groups (broad SMARTS) is 1. The maximum absolute atomic E-state index is 11.1. The summed E-state index contributed by atoms with van der Waals surface area (Å²) in [5, 5.41) is 9.07. The number of benzene rings is 1. The number of methoxy groups -OCH3 is 1. The lowest BCUT2D eigenvalue weighted by molar-refractivity contribution is 0.0702. The van der Waals surface area contributed by atoms with Crippen molar-refractivity contribution in [2.24, 2.45) is 0 Å². The molecule has 1 heterocycles. The lowest BCUT2D eigenvalue weighted by Gasteiger charge is -2.10. The van der Waals surface area contributed by atoms with Gasteiger partial charge < -0.3 is 14.6 Å². The third-order valence-electron chi connectivity index (χ3n) is 2.81. The molecule has 2 rings (SSSR count). The van der Waals surface area contributed by atoms with Crippen LogP contribution in [0.1, 0.15) is 15.2 Å². The summed E-state index contributed by atoms with van der Waals surface area (Å²) in [6.45, 7) is 2.88. The minimum atomic E-state index is -0.901. The van der Waals surface area contributed by atoms with Crippen LogP contribution in [0.5, 0.6) is 5.75 Å². The molecule has 0 bridgehead atoms. The number of carboxylic acids is 1. The smallest absolute Gasteiger partial charge is 0.345 e. The highest BCUT2D eigenvalue weighted by molar-refractivity contribution is 7.17. The standard InChI is InChI=1S/C15H16O4S/c1-10-9-13(15(16)17)20-14(10)11-5-3-4-6-12(11)19-8-7-18-2/h3-6,9H,7-8H2,1-2H3,(H,16,17). The van der Waals surface area contributed by atoms with E-state index in [9.17, 15) is 4.79 Å². The van der Waals surface area contributed by atoms with Crippen molar-refractivity contribution in [2.75, 3.05) is 20.3 Å². The minimum absolute atomic E-state index is 0.337. The predicted molar refractivity (Wildman–Crippen MR) is 78.8 cm³/mol. The maximum atomic E-state index is 11.1. The highest BCUT2D eigenvalue weighted by Gasteiger charge is 2.15. The minimum Gasteiger partial charge on any atom is -0.491 e. The first-order valence-corrected chi connectivity index (χ1v) is 7.00. The fraction of sp³-hybridized carbons (Fsp3) is 0.267. The molecule has 1 aromatic heterocycles. The van der Waals surface area contributed by atoms with Crippen molar-refractivity contribution in [2.45, 2.75) is 6.92 Å². The Morgan fingerprint density at radius 3 is 2.70 bits per heavy atom. The fourth-order valence-corrected chi connectivity index (χ4v) is 2.91. The Morgan fingerprint density at radius 2 is 2.05 bits per heavy atom. The van der Waals surface area contributed by atoms with E-state index in [0.717, 1.165) is 21.8 Å². The summed E-state index contributed by atoms with van der Waals surface area (Å²) < 4.78 is 10.7. The van der Waals surface area contributed by atoms with Crippen LogP contribution >= 0.6 is 11.3 Å². The van der Waals surface area contributed by atoms with Crippen LogP contribution in [0.15, 0.2) is 30.3 Å². The van der Waals surface area contributed by atoms with Crippen molar-refractivity contribution >= 4 is 17.3 Å². The first kappa shape index (κ1) is 14.6. The number of thiophene rings is 1. The molecule has 0 fully saturated rings. The third kappa shape index (κ3) is 3.18. The zero-order valence-corrected chi connectivity index (χ0v) is 12.2. The number of aromatic carboxylic acids is 1. The molecule has 0 radical (unpaired) electrons. The molecule has 0 amide bonds. The van der Waals surface area contributed by atoms with E-state index in [2.05, 4.69) is 0 Å². The fourth-order valence-electron chi connectivity index (χ4n) is 1.87. The Hall–Kier alpha value is -1.85. The lowest BCUT2D eigenvalue weighted by Crippen LogP contribution is -2.04. The van der Waals surface area contributed by atoms with Crippen LogP contribution in [0.2, 0.25) is 0 Å². The van der Waals surface area contributed by atoms with Crippen LogP contribution in [0, 0.1) is 6.92 Å². The first-order chi connectivity index (χ1) is 9.63. The Kier molecular flexibility index (Phi) is 4.76. The highest BCUT2D eigenvalue weighted by atomic mass is 32.1. The van der Waals surface area contributed by atoms with E-state index >= 15 is 0 Å². The van der Waals surface area contributed by atoms with Gasteiger partial charge in [0.15, 0.2) is 0 Å². The van der Waals surface area contributed by atoms with E-state index in [1.54, 1.807) is 13.2 Å². The monoisotopic (exact) mass is 292 g/mol. The van der Waals surface area contributed by atoms with Crippen molar-refractivity contribution in [3.8, 4) is 16.2 Å². The third-order valence-corrected chi connectivity index (χ3v) is 4.06. The number of rotatable bonds is 6. The number of aryl methyl sites for hydroxylation is 1. The Bertz CT molecular complexity index is 604. The lowest BCUT2D eigenvalue weighted by atomic mass is 10.1. The van der Waals surface area contributed by atoms with Crippen LogP contribution in [0.4, 0.5) is 0 Å². The molecule has 0 spiro atoms. The van der Waals surface area contributed by atoms with Crippen molar-refractivity contribution in [3.05, 3.63) is 40.8 Å². The van der Waals surface area contributed by atoms with Gasteiger partial charge in [-0.2, -0.15) is 0 Å². The topological polar surface area (TPSA) is 55.8 Å². The van der Waals surface area contributed by atoms with Crippen molar-refractivity contribution in [3.63, 3.8) is 0 Å². The van der Waals surface area contributed by atoms with Crippen LogP contribution in [0.25, 0.3) is 10.4 Å². The SMILES string of the molecule is COCCOc1ccccc1-c1sc(C(=O)O)cc1C. The molecule has 1 N–H and O–H groups in total. The van der Waals surface area contributed by atoms with Gasteiger partial charge in [0.05, 0.1) is 6.61 Å². The van der Waals surface area contributed by atoms with E-state index in [0.29, 0.717) is 18.1 Å². The number of ether oxygens (including phenoxy) is 2. The summed E-state index contributed by atoms with van der Waals surface area (Å²) in [6.07, 6.45) is 0. The van der Waals surface area contributed by atoms with Gasteiger partial charge in [0.2, 0.25) is 0 Å². The molecule has 0 aliphatic heterocycles. The van der Waals surface area contributed by atoms with Crippen LogP contribution < -0.4 is 4.74 Å². The van der Waals surface area contributed by atoms with Crippen LogP contribution in [0.3, 0.4) is 0 Å². The van der Waals surface area contributed by atoms with Gasteiger partial charge in [0.1, 0.15) is 17.2 Å². The summed E-state index contributed by atoms with van der Waals surface area (Å²) >= 11 is 1.26. The van der Waals surface area contributed by atoms with Gasteiger partial charge in [0, 0.05) is 17.6 Å². The summed E-state index contributed by atoms with van der Waals surface area (Å²) in [5.74, 6) is -0.159. The molecule has 4 nitrogen and oxygen atoms in total. The molecule has 106 valence electrons. The number of para-hydroxylation sites is 1. The Balaban J connectivity index is 2.34. The van der Waals surface area contributed by atoms with Crippen molar-refractivity contribution in [1.29, 1.82) is 0 Å². The normalized spacial score (nSPS) is 10.5. The van der Waals surface area contributed by atoms with Gasteiger partial charge in [0.25, 0.3) is 0 Å². The molecule has 2 aromatic rings. The summed E-state index contributed by atoms with van der Waals surface area (Å²) in [7, 11) is 1.62. The molecule has 0 saturated heterocycles. The van der Waals surface area contributed by atoms with Gasteiger partial charge in [-0.15, -0.1) is 11.3 Å². The molecule has 1 aromatic carbocycles. The second-order valence-corrected chi connectivity index (χ2v) is 5.32. The second kappa shape index (κ2) is 6.54. The number of hydrogen-bond donors (Lipinski definition) is 1. The van der Waals surface area contributed by atoms with E-state index in [1.165, 1.54) is 11.3 Å². The molecular formula is C15H16O4S. The number of hydrogen-bond acceptors (Lipinski definition) is 4. The van der Waals surface area contributed by atoms with Crippen LogP contribution in [-0.2, 0) is 4.74 Å². The maximum Gasteiger partial charge on any atom is 0.345 e.